The predicted octanol–water partition coefficient (Wildman–Crippen LogP) is 2.15. The normalized spacial score (nSPS) is 17.9. The van der Waals surface area contributed by atoms with Crippen LogP contribution < -0.4 is 0 Å². The van der Waals surface area contributed by atoms with Gasteiger partial charge in [-0.05, 0) is 25.8 Å². The number of carbonyl (C=O) groups excluding carboxylic acids is 1. The molecule has 0 aliphatic carbocycles. The molecule has 1 saturated heterocycles. The molecule has 7 heteroatoms. The number of aryl methyl sites for hydroxylation is 2. The molecule has 116 valence electrons. The van der Waals surface area contributed by atoms with Crippen molar-refractivity contribution in [1.82, 2.24) is 14.5 Å². The van der Waals surface area contributed by atoms with Crippen molar-refractivity contribution >= 4 is 23.2 Å². The van der Waals surface area contributed by atoms with Crippen LogP contribution in [0.2, 0.25) is 0 Å². The molecule has 3 rings (SSSR count). The van der Waals surface area contributed by atoms with Crippen molar-refractivity contribution in [2.45, 2.75) is 25.8 Å². The van der Waals surface area contributed by atoms with Crippen LogP contribution in [0.5, 0.6) is 0 Å². The van der Waals surface area contributed by atoms with Gasteiger partial charge in [-0.3, -0.25) is 4.79 Å². The van der Waals surface area contributed by atoms with Crippen LogP contribution in [0.15, 0.2) is 17.6 Å². The molecule has 0 saturated carbocycles. The van der Waals surface area contributed by atoms with Crippen LogP contribution in [0.25, 0.3) is 11.3 Å². The van der Waals surface area contributed by atoms with E-state index in [4.69, 9.17) is 0 Å². The molecule has 1 aliphatic heterocycles. The molecule has 0 radical (unpaired) electrons. The summed E-state index contributed by atoms with van der Waals surface area (Å²) in [7, 11) is 1.79. The Labute approximate surface area is 132 Å². The monoisotopic (exact) mass is 319 g/mol. The van der Waals surface area contributed by atoms with E-state index in [0.29, 0.717) is 18.7 Å². The van der Waals surface area contributed by atoms with Crippen molar-refractivity contribution < 1.29 is 14.7 Å². The number of hydrogen-bond acceptors (Lipinski definition) is 4. The SMILES string of the molecule is Cc1nc(-c2cc(C(=O)N3CCC[C@H]3C(=O)O)n(C)c2)cs1. The van der Waals surface area contributed by atoms with Crippen LogP contribution in [0.4, 0.5) is 0 Å². The summed E-state index contributed by atoms with van der Waals surface area (Å²) < 4.78 is 1.74. The van der Waals surface area contributed by atoms with E-state index in [1.165, 1.54) is 4.90 Å². The van der Waals surface area contributed by atoms with Gasteiger partial charge in [-0.15, -0.1) is 11.3 Å². The van der Waals surface area contributed by atoms with E-state index in [1.807, 2.05) is 18.5 Å². The molecular weight excluding hydrogens is 302 g/mol. The van der Waals surface area contributed by atoms with Gasteiger partial charge in [-0.1, -0.05) is 0 Å². The molecule has 0 bridgehead atoms. The van der Waals surface area contributed by atoms with E-state index in [0.717, 1.165) is 22.7 Å². The summed E-state index contributed by atoms with van der Waals surface area (Å²) in [6.07, 6.45) is 3.10. The highest BCUT2D eigenvalue weighted by molar-refractivity contribution is 7.09. The predicted molar refractivity (Wildman–Crippen MR) is 83.0 cm³/mol. The van der Waals surface area contributed by atoms with E-state index in [9.17, 15) is 14.7 Å². The summed E-state index contributed by atoms with van der Waals surface area (Å²) in [5.41, 5.74) is 2.21. The van der Waals surface area contributed by atoms with Crippen molar-refractivity contribution in [3.63, 3.8) is 0 Å². The lowest BCUT2D eigenvalue weighted by Gasteiger charge is -2.21. The van der Waals surface area contributed by atoms with Crippen LogP contribution in [-0.4, -0.2) is 44.0 Å². The van der Waals surface area contributed by atoms with Crippen LogP contribution in [0.1, 0.15) is 28.3 Å². The maximum atomic E-state index is 12.7. The minimum absolute atomic E-state index is 0.231. The van der Waals surface area contributed by atoms with E-state index >= 15 is 0 Å². The second kappa shape index (κ2) is 5.57. The first-order valence-corrected chi connectivity index (χ1v) is 7.98. The first-order chi connectivity index (χ1) is 10.5. The van der Waals surface area contributed by atoms with E-state index < -0.39 is 12.0 Å². The third-order valence-corrected chi connectivity index (χ3v) is 4.71. The van der Waals surface area contributed by atoms with Gasteiger partial charge in [0.05, 0.1) is 10.7 Å². The Bertz CT molecular complexity index is 734. The summed E-state index contributed by atoms with van der Waals surface area (Å²) in [4.78, 5) is 29.8. The number of carboxylic acids is 1. The molecule has 22 heavy (non-hydrogen) atoms. The number of likely N-dealkylation sites (tertiary alicyclic amines) is 1. The maximum Gasteiger partial charge on any atom is 0.326 e. The standard InChI is InChI=1S/C15H17N3O3S/c1-9-16-11(8-22-9)10-6-13(17(2)7-10)14(19)18-5-3-4-12(18)15(20)21/h6-8,12H,3-5H2,1-2H3,(H,20,21)/t12-/m0/s1. The fourth-order valence-corrected chi connectivity index (χ4v) is 3.45. The van der Waals surface area contributed by atoms with Gasteiger partial charge in [-0.2, -0.15) is 0 Å². The summed E-state index contributed by atoms with van der Waals surface area (Å²) in [6.45, 7) is 2.43. The highest BCUT2D eigenvalue weighted by atomic mass is 32.1. The minimum atomic E-state index is -0.935. The lowest BCUT2D eigenvalue weighted by molar-refractivity contribution is -0.141. The number of aliphatic carboxylic acids is 1. The maximum absolute atomic E-state index is 12.7. The molecule has 3 heterocycles. The van der Waals surface area contributed by atoms with Gasteiger partial charge in [0.2, 0.25) is 0 Å². The molecule has 1 atom stereocenters. The first kappa shape index (κ1) is 14.8. The Morgan fingerprint density at radius 3 is 2.86 bits per heavy atom. The Hall–Kier alpha value is -2.15. The fourth-order valence-electron chi connectivity index (χ4n) is 2.83. The summed E-state index contributed by atoms with van der Waals surface area (Å²) >= 11 is 1.56. The van der Waals surface area contributed by atoms with Crippen molar-refractivity contribution in [3.05, 3.63) is 28.3 Å². The zero-order chi connectivity index (χ0) is 15.9. The topological polar surface area (TPSA) is 75.4 Å². The third-order valence-electron chi connectivity index (χ3n) is 3.94. The third kappa shape index (κ3) is 2.52. The van der Waals surface area contributed by atoms with Crippen LogP contribution in [-0.2, 0) is 11.8 Å². The highest BCUT2D eigenvalue weighted by Crippen LogP contribution is 2.26. The van der Waals surface area contributed by atoms with Crippen LogP contribution >= 0.6 is 11.3 Å². The number of aromatic nitrogens is 2. The fraction of sp³-hybridized carbons (Fsp3) is 0.400. The van der Waals surface area contributed by atoms with E-state index in [2.05, 4.69) is 4.98 Å². The summed E-state index contributed by atoms with van der Waals surface area (Å²) in [5, 5.41) is 12.1. The molecule has 1 amide bonds. The van der Waals surface area contributed by atoms with E-state index in [-0.39, 0.29) is 5.91 Å². The first-order valence-electron chi connectivity index (χ1n) is 7.10. The zero-order valence-corrected chi connectivity index (χ0v) is 13.3. The average molecular weight is 319 g/mol. The molecule has 2 aromatic rings. The second-order valence-corrected chi connectivity index (χ2v) is 6.53. The molecule has 0 unspecified atom stereocenters. The van der Waals surface area contributed by atoms with Gasteiger partial charge in [0.1, 0.15) is 11.7 Å². The Balaban J connectivity index is 1.90. The molecule has 0 aromatic carbocycles. The molecule has 1 N–H and O–H groups in total. The number of hydrogen-bond donors (Lipinski definition) is 1. The van der Waals surface area contributed by atoms with E-state index in [1.54, 1.807) is 29.0 Å². The molecule has 2 aromatic heterocycles. The molecule has 1 aliphatic rings. The van der Waals surface area contributed by atoms with Gasteiger partial charge in [0.25, 0.3) is 5.91 Å². The number of thiazole rings is 1. The van der Waals surface area contributed by atoms with Crippen LogP contribution in [0, 0.1) is 6.92 Å². The number of nitrogens with zero attached hydrogens (tertiary/aromatic N) is 3. The Morgan fingerprint density at radius 2 is 2.23 bits per heavy atom. The van der Waals surface area contributed by atoms with Gasteiger partial charge >= 0.3 is 5.97 Å². The molecule has 6 nitrogen and oxygen atoms in total. The number of carboxylic acid groups (broad SMARTS) is 1. The average Bonchev–Trinajstić information content (AvgIpc) is 3.16. The molecule has 1 fully saturated rings. The van der Waals surface area contributed by atoms with Crippen molar-refractivity contribution in [3.8, 4) is 11.3 Å². The van der Waals surface area contributed by atoms with Crippen molar-refractivity contribution in [1.29, 1.82) is 0 Å². The quantitative estimate of drug-likeness (QED) is 0.940. The lowest BCUT2D eigenvalue weighted by atomic mass is 10.2. The van der Waals surface area contributed by atoms with Crippen molar-refractivity contribution in [2.24, 2.45) is 7.05 Å². The summed E-state index contributed by atoms with van der Waals surface area (Å²) in [6, 6.07) is 1.07. The highest BCUT2D eigenvalue weighted by Gasteiger charge is 2.35. The van der Waals surface area contributed by atoms with Crippen molar-refractivity contribution in [2.75, 3.05) is 6.54 Å². The van der Waals surface area contributed by atoms with Gasteiger partial charge in [0, 0.05) is 30.7 Å². The Kier molecular flexibility index (Phi) is 3.74. The molecular formula is C15H17N3O3S. The smallest absolute Gasteiger partial charge is 0.326 e. The summed E-state index contributed by atoms with van der Waals surface area (Å²) in [5.74, 6) is -1.17. The number of rotatable bonds is 3. The zero-order valence-electron chi connectivity index (χ0n) is 12.4. The van der Waals surface area contributed by atoms with Gasteiger partial charge in [0.15, 0.2) is 0 Å². The van der Waals surface area contributed by atoms with Crippen LogP contribution in [0.3, 0.4) is 0 Å². The van der Waals surface area contributed by atoms with Gasteiger partial charge in [-0.25, -0.2) is 9.78 Å². The lowest BCUT2D eigenvalue weighted by Crippen LogP contribution is -2.41. The van der Waals surface area contributed by atoms with Gasteiger partial charge < -0.3 is 14.6 Å². The largest absolute Gasteiger partial charge is 0.480 e. The second-order valence-electron chi connectivity index (χ2n) is 5.47. The minimum Gasteiger partial charge on any atom is -0.480 e. The number of carbonyl (C=O) groups is 2. The Morgan fingerprint density at radius 1 is 1.45 bits per heavy atom. The number of amides is 1. The molecule has 0 spiro atoms.